The summed E-state index contributed by atoms with van der Waals surface area (Å²) in [5, 5.41) is 9.14. The molecule has 0 saturated heterocycles. The van der Waals surface area contributed by atoms with Crippen molar-refractivity contribution in [1.82, 2.24) is 0 Å². The molecule has 0 amide bonds. The number of thioether (sulfide) groups is 1. The molecule has 2 aromatic carbocycles. The summed E-state index contributed by atoms with van der Waals surface area (Å²) in [6.45, 7) is 0. The van der Waals surface area contributed by atoms with Crippen LogP contribution in [0.25, 0.3) is 0 Å². The summed E-state index contributed by atoms with van der Waals surface area (Å²) in [6.07, 6.45) is 3.66. The molecule has 0 aliphatic heterocycles. The van der Waals surface area contributed by atoms with E-state index in [4.69, 9.17) is 5.11 Å². The summed E-state index contributed by atoms with van der Waals surface area (Å²) >= 11 is 4.95. The minimum Gasteiger partial charge on any atom is -0.478 e. The van der Waals surface area contributed by atoms with Crippen molar-refractivity contribution in [2.24, 2.45) is 0 Å². The topological polar surface area (TPSA) is 37.3 Å². The lowest BCUT2D eigenvalue weighted by molar-refractivity contribution is 0.0695. The summed E-state index contributed by atoms with van der Waals surface area (Å²) < 4.78 is 0.622. The van der Waals surface area contributed by atoms with Gasteiger partial charge in [-0.2, -0.15) is 0 Å². The molecule has 4 heteroatoms. The van der Waals surface area contributed by atoms with Crippen LogP contribution in [0.2, 0.25) is 0 Å². The Kier molecular flexibility index (Phi) is 4.36. The molecule has 0 atom stereocenters. The predicted octanol–water partition coefficient (Wildman–Crippen LogP) is 4.93. The zero-order valence-electron chi connectivity index (χ0n) is 11.4. The van der Waals surface area contributed by atoms with Crippen LogP contribution in [0.15, 0.2) is 45.8 Å². The van der Waals surface area contributed by atoms with Crippen LogP contribution in [0.5, 0.6) is 0 Å². The molecule has 0 fully saturated rings. The highest BCUT2D eigenvalue weighted by molar-refractivity contribution is 9.10. The van der Waals surface area contributed by atoms with E-state index in [0.717, 1.165) is 10.6 Å². The maximum absolute atomic E-state index is 11.1. The van der Waals surface area contributed by atoms with Crippen LogP contribution in [-0.2, 0) is 18.6 Å². The normalized spacial score (nSPS) is 13.2. The van der Waals surface area contributed by atoms with Gasteiger partial charge in [-0.05, 0) is 70.1 Å². The minimum absolute atomic E-state index is 0.314. The van der Waals surface area contributed by atoms with Gasteiger partial charge in [-0.3, -0.25) is 0 Å². The summed E-state index contributed by atoms with van der Waals surface area (Å²) in [4.78, 5) is 12.1. The molecule has 1 aliphatic rings. The van der Waals surface area contributed by atoms with Gasteiger partial charge in [-0.25, -0.2) is 4.79 Å². The Balaban J connectivity index is 1.73. The van der Waals surface area contributed by atoms with E-state index in [0.29, 0.717) is 10.0 Å². The number of aromatic carboxylic acids is 1. The van der Waals surface area contributed by atoms with Gasteiger partial charge in [0, 0.05) is 15.1 Å². The number of hydrogen-bond donors (Lipinski definition) is 1. The average molecular weight is 363 g/mol. The van der Waals surface area contributed by atoms with Crippen molar-refractivity contribution in [2.75, 3.05) is 0 Å². The third-order valence-electron chi connectivity index (χ3n) is 3.74. The van der Waals surface area contributed by atoms with Crippen molar-refractivity contribution in [1.29, 1.82) is 0 Å². The van der Waals surface area contributed by atoms with Crippen molar-refractivity contribution in [3.05, 3.63) is 63.1 Å². The molecule has 1 aliphatic carbocycles. The molecule has 3 rings (SSSR count). The molecule has 0 bridgehead atoms. The highest BCUT2D eigenvalue weighted by atomic mass is 79.9. The van der Waals surface area contributed by atoms with E-state index in [1.165, 1.54) is 36.0 Å². The van der Waals surface area contributed by atoms with Gasteiger partial charge in [0.1, 0.15) is 0 Å². The Morgan fingerprint density at radius 2 is 1.95 bits per heavy atom. The first-order valence-corrected chi connectivity index (χ1v) is 8.67. The summed E-state index contributed by atoms with van der Waals surface area (Å²) in [5.74, 6) is -0.0320. The van der Waals surface area contributed by atoms with E-state index >= 15 is 0 Å². The third-order valence-corrected chi connectivity index (χ3v) is 5.49. The first-order chi connectivity index (χ1) is 10.1. The van der Waals surface area contributed by atoms with Crippen molar-refractivity contribution >= 4 is 33.7 Å². The van der Waals surface area contributed by atoms with E-state index in [-0.39, 0.29) is 0 Å². The van der Waals surface area contributed by atoms with Gasteiger partial charge < -0.3 is 5.11 Å². The lowest BCUT2D eigenvalue weighted by Gasteiger charge is -2.07. The van der Waals surface area contributed by atoms with Crippen LogP contribution in [0, 0.1) is 0 Å². The molecule has 0 spiro atoms. The number of carbonyl (C=O) groups is 1. The van der Waals surface area contributed by atoms with Gasteiger partial charge in [0.2, 0.25) is 0 Å². The van der Waals surface area contributed by atoms with Crippen LogP contribution in [0.1, 0.15) is 33.5 Å². The van der Waals surface area contributed by atoms with Crippen LogP contribution in [0.4, 0.5) is 0 Å². The molecule has 0 radical (unpaired) electrons. The molecule has 2 aromatic rings. The minimum atomic E-state index is -0.901. The Labute approximate surface area is 136 Å². The van der Waals surface area contributed by atoms with Gasteiger partial charge in [0.25, 0.3) is 0 Å². The maximum atomic E-state index is 11.1. The van der Waals surface area contributed by atoms with Crippen molar-refractivity contribution in [3.8, 4) is 0 Å². The number of carboxylic acid groups (broad SMARTS) is 1. The van der Waals surface area contributed by atoms with Crippen molar-refractivity contribution < 1.29 is 9.90 Å². The van der Waals surface area contributed by atoms with E-state index in [9.17, 15) is 4.79 Å². The number of benzene rings is 2. The molecule has 108 valence electrons. The van der Waals surface area contributed by atoms with Crippen molar-refractivity contribution in [2.45, 2.75) is 29.9 Å². The van der Waals surface area contributed by atoms with E-state index in [1.807, 2.05) is 6.07 Å². The molecular formula is C17H15BrO2S. The number of hydrogen-bond acceptors (Lipinski definition) is 2. The fraction of sp³-hybridized carbons (Fsp3) is 0.235. The molecule has 2 nitrogen and oxygen atoms in total. The Hall–Kier alpha value is -1.26. The highest BCUT2D eigenvalue weighted by Crippen LogP contribution is 2.29. The van der Waals surface area contributed by atoms with Gasteiger partial charge in [-0.1, -0.05) is 18.2 Å². The standard InChI is InChI=1S/C17H15BrO2S/c18-16-7-6-14(9-15(16)17(19)20)21-10-11-4-5-12-2-1-3-13(12)8-11/h4-9H,1-3,10H2,(H,19,20). The Morgan fingerprint density at radius 3 is 2.76 bits per heavy atom. The molecule has 21 heavy (non-hydrogen) atoms. The quantitative estimate of drug-likeness (QED) is 0.783. The zero-order chi connectivity index (χ0) is 14.8. The highest BCUT2D eigenvalue weighted by Gasteiger charge is 2.12. The first kappa shape index (κ1) is 14.7. The largest absolute Gasteiger partial charge is 0.478 e. The number of carboxylic acids is 1. The summed E-state index contributed by atoms with van der Waals surface area (Å²) in [5.41, 5.74) is 4.59. The fourth-order valence-electron chi connectivity index (χ4n) is 2.64. The van der Waals surface area contributed by atoms with E-state index in [2.05, 4.69) is 34.1 Å². The lowest BCUT2D eigenvalue weighted by Crippen LogP contribution is -1.97. The van der Waals surface area contributed by atoms with Gasteiger partial charge in [0.05, 0.1) is 5.56 Å². The van der Waals surface area contributed by atoms with Gasteiger partial charge in [-0.15, -0.1) is 11.8 Å². The second-order valence-corrected chi connectivity index (χ2v) is 7.10. The van der Waals surface area contributed by atoms with Gasteiger partial charge in [0.15, 0.2) is 0 Å². The summed E-state index contributed by atoms with van der Waals surface area (Å²) in [6, 6.07) is 12.2. The second-order valence-electron chi connectivity index (χ2n) is 5.19. The smallest absolute Gasteiger partial charge is 0.336 e. The zero-order valence-corrected chi connectivity index (χ0v) is 13.8. The number of rotatable bonds is 4. The second kappa shape index (κ2) is 6.24. The van der Waals surface area contributed by atoms with E-state index < -0.39 is 5.97 Å². The number of aryl methyl sites for hydroxylation is 2. The van der Waals surface area contributed by atoms with Crippen LogP contribution in [0.3, 0.4) is 0 Å². The number of fused-ring (bicyclic) bond motifs is 1. The molecule has 1 N–H and O–H groups in total. The summed E-state index contributed by atoms with van der Waals surface area (Å²) in [7, 11) is 0. The SMILES string of the molecule is O=C(O)c1cc(SCc2ccc3c(c2)CCC3)ccc1Br. The molecular weight excluding hydrogens is 348 g/mol. The van der Waals surface area contributed by atoms with Gasteiger partial charge >= 0.3 is 5.97 Å². The Morgan fingerprint density at radius 1 is 1.14 bits per heavy atom. The first-order valence-electron chi connectivity index (χ1n) is 6.90. The molecule has 0 unspecified atom stereocenters. The molecule has 0 saturated carbocycles. The lowest BCUT2D eigenvalue weighted by atomic mass is 10.1. The fourth-order valence-corrected chi connectivity index (χ4v) is 3.93. The maximum Gasteiger partial charge on any atom is 0.336 e. The molecule has 0 heterocycles. The van der Waals surface area contributed by atoms with Crippen LogP contribution < -0.4 is 0 Å². The average Bonchev–Trinajstić information content (AvgIpc) is 2.93. The van der Waals surface area contributed by atoms with Crippen molar-refractivity contribution in [3.63, 3.8) is 0 Å². The third kappa shape index (κ3) is 3.33. The predicted molar refractivity (Wildman–Crippen MR) is 89.1 cm³/mol. The number of halogens is 1. The Bertz CT molecular complexity index is 697. The monoisotopic (exact) mass is 362 g/mol. The van der Waals surface area contributed by atoms with Crippen LogP contribution in [-0.4, -0.2) is 11.1 Å². The van der Waals surface area contributed by atoms with Crippen LogP contribution >= 0.6 is 27.7 Å². The van der Waals surface area contributed by atoms with E-state index in [1.54, 1.807) is 23.9 Å². The molecule has 0 aromatic heterocycles.